The van der Waals surface area contributed by atoms with Gasteiger partial charge in [0.2, 0.25) is 0 Å². The molecular weight excluding hydrogens is 733 g/mol. The molecular formula is C53H86O6. The fraction of sp³-hybridized carbons (Fsp3) is 0.642. The molecule has 0 radical (unpaired) electrons. The number of rotatable bonds is 41. The quantitative estimate of drug-likeness (QED) is 0.0201. The van der Waals surface area contributed by atoms with E-state index in [-0.39, 0.29) is 37.5 Å². The van der Waals surface area contributed by atoms with Gasteiger partial charge in [0, 0.05) is 19.3 Å². The third kappa shape index (κ3) is 45.3. The second-order valence-corrected chi connectivity index (χ2v) is 15.3. The molecule has 0 heterocycles. The monoisotopic (exact) mass is 819 g/mol. The zero-order valence-electron chi connectivity index (χ0n) is 38.0. The van der Waals surface area contributed by atoms with Crippen LogP contribution in [-0.2, 0) is 28.6 Å². The summed E-state index contributed by atoms with van der Waals surface area (Å²) in [6, 6.07) is 0. The van der Waals surface area contributed by atoms with Crippen molar-refractivity contribution in [3.63, 3.8) is 0 Å². The predicted molar refractivity (Wildman–Crippen MR) is 251 cm³/mol. The van der Waals surface area contributed by atoms with E-state index >= 15 is 0 Å². The lowest BCUT2D eigenvalue weighted by atomic mass is 10.1. The molecule has 6 nitrogen and oxygen atoms in total. The first kappa shape index (κ1) is 55.3. The molecule has 0 spiro atoms. The van der Waals surface area contributed by atoms with Crippen LogP contribution in [0.4, 0.5) is 0 Å². The Kier molecular flexibility index (Phi) is 44.1. The van der Waals surface area contributed by atoms with Crippen LogP contribution in [-0.4, -0.2) is 37.2 Å². The van der Waals surface area contributed by atoms with E-state index in [9.17, 15) is 14.4 Å². The van der Waals surface area contributed by atoms with Gasteiger partial charge < -0.3 is 14.2 Å². The Balaban J connectivity index is 4.50. The molecule has 0 saturated heterocycles. The second-order valence-electron chi connectivity index (χ2n) is 15.3. The first-order valence-electron chi connectivity index (χ1n) is 23.8. The number of unbranched alkanes of at least 4 members (excludes halogenated alkanes) is 15. The molecule has 1 atom stereocenters. The van der Waals surface area contributed by atoms with E-state index in [1.807, 2.05) is 0 Å². The largest absolute Gasteiger partial charge is 0.462 e. The van der Waals surface area contributed by atoms with Crippen LogP contribution >= 0.6 is 0 Å². The summed E-state index contributed by atoms with van der Waals surface area (Å²) in [5, 5.41) is 0. The Hall–Kier alpha value is -3.67. The van der Waals surface area contributed by atoms with E-state index < -0.39 is 6.10 Å². The van der Waals surface area contributed by atoms with Gasteiger partial charge in [-0.1, -0.05) is 176 Å². The summed E-state index contributed by atoms with van der Waals surface area (Å²) in [6.07, 6.45) is 61.2. The van der Waals surface area contributed by atoms with Crippen molar-refractivity contribution in [2.75, 3.05) is 13.2 Å². The molecule has 1 unspecified atom stereocenters. The highest BCUT2D eigenvalue weighted by molar-refractivity contribution is 5.71. The zero-order chi connectivity index (χ0) is 43.0. The first-order valence-corrected chi connectivity index (χ1v) is 23.8. The van der Waals surface area contributed by atoms with Crippen LogP contribution in [0.15, 0.2) is 97.2 Å². The van der Waals surface area contributed by atoms with Crippen molar-refractivity contribution in [2.24, 2.45) is 0 Å². The molecule has 0 aliphatic carbocycles. The topological polar surface area (TPSA) is 78.9 Å². The van der Waals surface area contributed by atoms with Gasteiger partial charge in [0.05, 0.1) is 0 Å². The molecule has 59 heavy (non-hydrogen) atoms. The molecule has 0 aromatic carbocycles. The number of hydrogen-bond acceptors (Lipinski definition) is 6. The highest BCUT2D eigenvalue weighted by atomic mass is 16.6. The fourth-order valence-electron chi connectivity index (χ4n) is 6.00. The van der Waals surface area contributed by atoms with Crippen LogP contribution < -0.4 is 0 Å². The van der Waals surface area contributed by atoms with E-state index in [1.165, 1.54) is 64.2 Å². The minimum absolute atomic E-state index is 0.117. The van der Waals surface area contributed by atoms with Gasteiger partial charge in [-0.3, -0.25) is 14.4 Å². The van der Waals surface area contributed by atoms with Crippen LogP contribution in [0.5, 0.6) is 0 Å². The summed E-state index contributed by atoms with van der Waals surface area (Å²) in [5.41, 5.74) is 0. The maximum absolute atomic E-state index is 12.7. The normalized spacial score (nSPS) is 12.9. The summed E-state index contributed by atoms with van der Waals surface area (Å²) in [5.74, 6) is -1.03. The summed E-state index contributed by atoms with van der Waals surface area (Å²) < 4.78 is 16.6. The zero-order valence-corrected chi connectivity index (χ0v) is 38.0. The van der Waals surface area contributed by atoms with Gasteiger partial charge in [0.1, 0.15) is 13.2 Å². The van der Waals surface area contributed by atoms with E-state index in [4.69, 9.17) is 14.2 Å². The predicted octanol–water partition coefficient (Wildman–Crippen LogP) is 15.4. The molecule has 0 bridgehead atoms. The van der Waals surface area contributed by atoms with Crippen LogP contribution in [0.25, 0.3) is 0 Å². The van der Waals surface area contributed by atoms with E-state index in [0.29, 0.717) is 25.7 Å². The lowest BCUT2D eigenvalue weighted by molar-refractivity contribution is -0.167. The number of esters is 3. The van der Waals surface area contributed by atoms with Crippen LogP contribution in [0, 0.1) is 0 Å². The average molecular weight is 819 g/mol. The van der Waals surface area contributed by atoms with Crippen molar-refractivity contribution in [3.05, 3.63) is 97.2 Å². The van der Waals surface area contributed by atoms with E-state index in [2.05, 4.69) is 118 Å². The summed E-state index contributed by atoms with van der Waals surface area (Å²) in [4.78, 5) is 37.7. The summed E-state index contributed by atoms with van der Waals surface area (Å²) >= 11 is 0. The van der Waals surface area contributed by atoms with Gasteiger partial charge in [-0.25, -0.2) is 0 Å². The molecule has 334 valence electrons. The Labute approximate surface area is 362 Å². The molecule has 0 N–H and O–H groups in total. The molecule has 0 aromatic rings. The van der Waals surface area contributed by atoms with Crippen molar-refractivity contribution < 1.29 is 28.6 Å². The van der Waals surface area contributed by atoms with E-state index in [0.717, 1.165) is 83.5 Å². The van der Waals surface area contributed by atoms with Crippen LogP contribution in [0.2, 0.25) is 0 Å². The van der Waals surface area contributed by atoms with Crippen LogP contribution in [0.3, 0.4) is 0 Å². The number of hydrogen-bond donors (Lipinski definition) is 0. The molecule has 0 saturated carbocycles. The Bertz CT molecular complexity index is 1220. The molecule has 0 fully saturated rings. The van der Waals surface area contributed by atoms with Gasteiger partial charge in [-0.2, -0.15) is 0 Å². The van der Waals surface area contributed by atoms with Gasteiger partial charge in [-0.15, -0.1) is 0 Å². The van der Waals surface area contributed by atoms with Gasteiger partial charge in [-0.05, 0) is 103 Å². The molecule has 0 aromatic heterocycles. The number of ether oxygens (including phenoxy) is 3. The Morgan fingerprint density at radius 2 is 0.729 bits per heavy atom. The summed E-state index contributed by atoms with van der Waals surface area (Å²) in [6.45, 7) is 6.35. The Morgan fingerprint density at radius 1 is 0.373 bits per heavy atom. The van der Waals surface area contributed by atoms with E-state index in [1.54, 1.807) is 0 Å². The third-order valence-electron chi connectivity index (χ3n) is 9.57. The van der Waals surface area contributed by atoms with Crippen molar-refractivity contribution in [1.29, 1.82) is 0 Å². The molecule has 6 heteroatoms. The third-order valence-corrected chi connectivity index (χ3v) is 9.57. The Morgan fingerprint density at radius 3 is 1.24 bits per heavy atom. The maximum atomic E-state index is 12.7. The lowest BCUT2D eigenvalue weighted by Crippen LogP contribution is -2.30. The molecule has 0 aliphatic rings. The van der Waals surface area contributed by atoms with Crippen molar-refractivity contribution in [1.82, 2.24) is 0 Å². The van der Waals surface area contributed by atoms with Crippen molar-refractivity contribution in [3.8, 4) is 0 Å². The SMILES string of the molecule is CC/C=C\C/C=C\C/C=C\C/C=C\C/C=C\CCCC(=O)OCC(COC(=O)CCC/C=C\CCCCCC)OC(=O)CCCCCCCC/C=C\C=C/CCCCC. The van der Waals surface area contributed by atoms with Crippen LogP contribution in [0.1, 0.15) is 201 Å². The first-order chi connectivity index (χ1) is 29.0. The lowest BCUT2D eigenvalue weighted by Gasteiger charge is -2.18. The maximum Gasteiger partial charge on any atom is 0.306 e. The van der Waals surface area contributed by atoms with Crippen molar-refractivity contribution >= 4 is 17.9 Å². The van der Waals surface area contributed by atoms with Crippen molar-refractivity contribution in [2.45, 2.75) is 207 Å². The van der Waals surface area contributed by atoms with Gasteiger partial charge >= 0.3 is 17.9 Å². The molecule has 0 amide bonds. The highest BCUT2D eigenvalue weighted by Crippen LogP contribution is 2.12. The van der Waals surface area contributed by atoms with Gasteiger partial charge in [0.15, 0.2) is 6.10 Å². The number of carbonyl (C=O) groups is 3. The number of allylic oxidation sites excluding steroid dienone is 16. The molecule has 0 aliphatic heterocycles. The highest BCUT2D eigenvalue weighted by Gasteiger charge is 2.19. The average Bonchev–Trinajstić information content (AvgIpc) is 3.23. The standard InChI is InChI=1S/C53H86O6/c1-4-7-10-13-16-19-21-23-25-26-28-29-31-34-37-40-43-46-52(55)58-49-50(48-57-51(54)45-42-39-36-33-18-15-12-9-6-3)59-53(56)47-44-41-38-35-32-30-27-24-22-20-17-14-11-8-5-2/h7,10,16-17,19-20,22-25,28-29,33-34,36-37,50H,4-6,8-9,11-15,18,21,26-27,30-32,35,38-49H2,1-3H3/b10-7-,19-16-,20-17-,24-22-,25-23-,29-28-,36-33-,37-34-. The smallest absolute Gasteiger partial charge is 0.306 e. The minimum Gasteiger partial charge on any atom is -0.462 e. The minimum atomic E-state index is -0.816. The number of carbonyl (C=O) groups excluding carboxylic acids is 3. The second kappa shape index (κ2) is 47.0. The van der Waals surface area contributed by atoms with Gasteiger partial charge in [0.25, 0.3) is 0 Å². The summed E-state index contributed by atoms with van der Waals surface area (Å²) in [7, 11) is 0. The fourth-order valence-corrected chi connectivity index (χ4v) is 6.00. The molecule has 0 rings (SSSR count).